The number of nitrogens with one attached hydrogen (secondary N) is 2. The number of hydroxylamine groups is 1. The molecule has 0 saturated heterocycles. The predicted octanol–water partition coefficient (Wildman–Crippen LogP) is 3.08. The maximum Gasteiger partial charge on any atom is 0.243 e. The lowest BCUT2D eigenvalue weighted by molar-refractivity contribution is -0.129. The second kappa shape index (κ2) is 10.3. The number of carbonyl (C=O) groups is 2. The molecule has 0 atom stereocenters. The van der Waals surface area contributed by atoms with E-state index < -0.39 is 0 Å². The molecule has 0 spiro atoms. The first-order valence-corrected chi connectivity index (χ1v) is 8.53. The summed E-state index contributed by atoms with van der Waals surface area (Å²) in [7, 11) is 0. The average molecular weight is 340 g/mol. The standard InChI is InChI=1S/C20H24N2O3/c23-19(22-25)9-5-2-6-14-21-20(24)15-16-10-12-18(13-11-16)17-7-3-1-4-8-17/h1,3-4,7-8,10-13,25H,2,5-6,9,14-15H2,(H,21,24)(H,22,23). The number of carbonyl (C=O) groups excluding carboxylic acids is 2. The van der Waals surface area contributed by atoms with Gasteiger partial charge in [-0.05, 0) is 29.5 Å². The number of benzene rings is 2. The summed E-state index contributed by atoms with van der Waals surface area (Å²) in [6.07, 6.45) is 3.01. The Balaban J connectivity index is 1.68. The molecule has 0 aliphatic rings. The third-order valence-electron chi connectivity index (χ3n) is 3.95. The van der Waals surface area contributed by atoms with E-state index in [1.54, 1.807) is 5.48 Å². The molecule has 132 valence electrons. The van der Waals surface area contributed by atoms with Crippen LogP contribution in [0, 0.1) is 0 Å². The monoisotopic (exact) mass is 340 g/mol. The Morgan fingerprint density at radius 1 is 0.800 bits per heavy atom. The average Bonchev–Trinajstić information content (AvgIpc) is 2.65. The summed E-state index contributed by atoms with van der Waals surface area (Å²) in [6.45, 7) is 0.599. The van der Waals surface area contributed by atoms with Gasteiger partial charge in [-0.3, -0.25) is 14.8 Å². The zero-order valence-corrected chi connectivity index (χ0v) is 14.2. The van der Waals surface area contributed by atoms with Crippen LogP contribution in [0.15, 0.2) is 54.6 Å². The van der Waals surface area contributed by atoms with E-state index in [4.69, 9.17) is 5.21 Å². The Morgan fingerprint density at radius 2 is 1.48 bits per heavy atom. The zero-order chi connectivity index (χ0) is 17.9. The highest BCUT2D eigenvalue weighted by molar-refractivity contribution is 5.78. The van der Waals surface area contributed by atoms with Crippen LogP contribution in [0.3, 0.4) is 0 Å². The minimum absolute atomic E-state index is 0.000521. The highest BCUT2D eigenvalue weighted by Crippen LogP contribution is 2.19. The Bertz CT molecular complexity index is 669. The fraction of sp³-hybridized carbons (Fsp3) is 0.300. The summed E-state index contributed by atoms with van der Waals surface area (Å²) in [4.78, 5) is 22.8. The summed E-state index contributed by atoms with van der Waals surface area (Å²) < 4.78 is 0. The van der Waals surface area contributed by atoms with Crippen LogP contribution < -0.4 is 10.8 Å². The molecule has 2 aromatic carbocycles. The van der Waals surface area contributed by atoms with E-state index in [2.05, 4.69) is 17.4 Å². The molecule has 5 heteroatoms. The normalized spacial score (nSPS) is 10.3. The Morgan fingerprint density at radius 3 is 2.16 bits per heavy atom. The third kappa shape index (κ3) is 6.77. The number of amides is 2. The van der Waals surface area contributed by atoms with Crippen molar-refractivity contribution in [2.24, 2.45) is 0 Å². The fourth-order valence-corrected chi connectivity index (χ4v) is 2.56. The maximum atomic E-state index is 11.9. The molecule has 0 radical (unpaired) electrons. The van der Waals surface area contributed by atoms with Gasteiger partial charge in [0, 0.05) is 13.0 Å². The van der Waals surface area contributed by atoms with Crippen molar-refractivity contribution in [3.63, 3.8) is 0 Å². The Labute approximate surface area is 148 Å². The molecule has 2 amide bonds. The van der Waals surface area contributed by atoms with Gasteiger partial charge in [0.2, 0.25) is 11.8 Å². The van der Waals surface area contributed by atoms with E-state index in [1.807, 2.05) is 42.5 Å². The van der Waals surface area contributed by atoms with Gasteiger partial charge >= 0.3 is 0 Å². The predicted molar refractivity (Wildman–Crippen MR) is 97.0 cm³/mol. The van der Waals surface area contributed by atoms with Crippen molar-refractivity contribution in [1.82, 2.24) is 10.8 Å². The highest BCUT2D eigenvalue weighted by atomic mass is 16.5. The molecule has 0 heterocycles. The van der Waals surface area contributed by atoms with Gasteiger partial charge in [0.05, 0.1) is 6.42 Å². The zero-order valence-electron chi connectivity index (χ0n) is 14.2. The molecule has 5 nitrogen and oxygen atoms in total. The molecule has 25 heavy (non-hydrogen) atoms. The van der Waals surface area contributed by atoms with Crippen LogP contribution in [0.4, 0.5) is 0 Å². The van der Waals surface area contributed by atoms with Crippen molar-refractivity contribution in [3.8, 4) is 11.1 Å². The van der Waals surface area contributed by atoms with Crippen LogP contribution >= 0.6 is 0 Å². The van der Waals surface area contributed by atoms with E-state index in [0.717, 1.165) is 29.5 Å². The summed E-state index contributed by atoms with van der Waals surface area (Å²) >= 11 is 0. The maximum absolute atomic E-state index is 11.9. The van der Waals surface area contributed by atoms with Gasteiger partial charge in [-0.1, -0.05) is 61.0 Å². The van der Waals surface area contributed by atoms with E-state index >= 15 is 0 Å². The topological polar surface area (TPSA) is 78.4 Å². The second-order valence-corrected chi connectivity index (χ2v) is 5.94. The molecule has 0 aliphatic heterocycles. The van der Waals surface area contributed by atoms with Gasteiger partial charge in [0.15, 0.2) is 0 Å². The fourth-order valence-electron chi connectivity index (χ4n) is 2.56. The first kappa shape index (κ1) is 18.7. The van der Waals surface area contributed by atoms with Gasteiger partial charge in [-0.2, -0.15) is 0 Å². The summed E-state index contributed by atoms with van der Waals surface area (Å²) in [5, 5.41) is 11.3. The summed E-state index contributed by atoms with van der Waals surface area (Å²) in [5.41, 5.74) is 4.89. The lowest BCUT2D eigenvalue weighted by Crippen LogP contribution is -2.26. The molecule has 0 saturated carbocycles. The van der Waals surface area contributed by atoms with Gasteiger partial charge in [-0.25, -0.2) is 5.48 Å². The number of hydrogen-bond donors (Lipinski definition) is 3. The van der Waals surface area contributed by atoms with E-state index in [9.17, 15) is 9.59 Å². The molecule has 0 fully saturated rings. The molecule has 0 bridgehead atoms. The Kier molecular flexibility index (Phi) is 7.66. The largest absolute Gasteiger partial charge is 0.356 e. The van der Waals surface area contributed by atoms with Crippen molar-refractivity contribution >= 4 is 11.8 Å². The number of unbranched alkanes of at least 4 members (excludes halogenated alkanes) is 2. The van der Waals surface area contributed by atoms with Crippen molar-refractivity contribution < 1.29 is 14.8 Å². The van der Waals surface area contributed by atoms with Crippen LogP contribution in [-0.4, -0.2) is 23.6 Å². The lowest BCUT2D eigenvalue weighted by Gasteiger charge is -2.07. The van der Waals surface area contributed by atoms with Crippen molar-refractivity contribution in [1.29, 1.82) is 0 Å². The minimum atomic E-state index is -0.372. The first-order valence-electron chi connectivity index (χ1n) is 8.53. The van der Waals surface area contributed by atoms with Crippen molar-refractivity contribution in [2.45, 2.75) is 32.1 Å². The van der Waals surface area contributed by atoms with Gasteiger partial charge < -0.3 is 5.32 Å². The molecular formula is C20H24N2O3. The molecular weight excluding hydrogens is 316 g/mol. The second-order valence-electron chi connectivity index (χ2n) is 5.94. The molecule has 2 aromatic rings. The molecule has 2 rings (SSSR count). The van der Waals surface area contributed by atoms with Crippen LogP contribution in [0.1, 0.15) is 31.2 Å². The van der Waals surface area contributed by atoms with Crippen molar-refractivity contribution in [2.75, 3.05) is 6.54 Å². The smallest absolute Gasteiger partial charge is 0.243 e. The molecule has 0 aromatic heterocycles. The lowest BCUT2D eigenvalue weighted by atomic mass is 10.0. The van der Waals surface area contributed by atoms with Gasteiger partial charge in [0.25, 0.3) is 0 Å². The van der Waals surface area contributed by atoms with E-state index in [0.29, 0.717) is 25.8 Å². The first-order chi connectivity index (χ1) is 12.2. The van der Waals surface area contributed by atoms with Gasteiger partial charge in [-0.15, -0.1) is 0 Å². The quantitative estimate of drug-likeness (QED) is 0.373. The number of hydrogen-bond acceptors (Lipinski definition) is 3. The number of rotatable bonds is 9. The molecule has 3 N–H and O–H groups in total. The SMILES string of the molecule is O=C(CCCCCNC(=O)Cc1ccc(-c2ccccc2)cc1)NO. The third-order valence-corrected chi connectivity index (χ3v) is 3.95. The highest BCUT2D eigenvalue weighted by Gasteiger charge is 2.04. The Hall–Kier alpha value is -2.66. The summed E-state index contributed by atoms with van der Waals surface area (Å²) in [6, 6.07) is 18.2. The summed E-state index contributed by atoms with van der Waals surface area (Å²) in [5.74, 6) is -0.372. The van der Waals surface area contributed by atoms with Crippen LogP contribution in [-0.2, 0) is 16.0 Å². The minimum Gasteiger partial charge on any atom is -0.356 e. The van der Waals surface area contributed by atoms with Crippen LogP contribution in [0.25, 0.3) is 11.1 Å². The van der Waals surface area contributed by atoms with Gasteiger partial charge in [0.1, 0.15) is 0 Å². The molecule has 0 unspecified atom stereocenters. The van der Waals surface area contributed by atoms with Crippen LogP contribution in [0.2, 0.25) is 0 Å². The molecule has 0 aliphatic carbocycles. The van der Waals surface area contributed by atoms with Crippen LogP contribution in [0.5, 0.6) is 0 Å². The van der Waals surface area contributed by atoms with Crippen molar-refractivity contribution in [3.05, 3.63) is 60.2 Å². The van der Waals surface area contributed by atoms with E-state index in [1.165, 1.54) is 0 Å². The van der Waals surface area contributed by atoms with E-state index in [-0.39, 0.29) is 11.8 Å².